The van der Waals surface area contributed by atoms with Crippen molar-refractivity contribution in [3.63, 3.8) is 0 Å². The van der Waals surface area contributed by atoms with Crippen LogP contribution >= 0.6 is 0 Å². The van der Waals surface area contributed by atoms with Gasteiger partial charge in [0.05, 0.1) is 11.6 Å². The summed E-state index contributed by atoms with van der Waals surface area (Å²) in [7, 11) is 1.87. The Labute approximate surface area is 132 Å². The second kappa shape index (κ2) is 6.64. The summed E-state index contributed by atoms with van der Waals surface area (Å²) in [6, 6.07) is -0.0250. The number of nitrogens with one attached hydrogen (secondary N) is 1. The van der Waals surface area contributed by atoms with E-state index in [0.717, 1.165) is 18.7 Å². The van der Waals surface area contributed by atoms with Gasteiger partial charge in [-0.15, -0.1) is 10.2 Å². The summed E-state index contributed by atoms with van der Waals surface area (Å²) in [4.78, 5) is 14.5. The van der Waals surface area contributed by atoms with Gasteiger partial charge in [-0.3, -0.25) is 0 Å². The van der Waals surface area contributed by atoms with Gasteiger partial charge in [0.2, 0.25) is 0 Å². The number of ether oxygens (including phenoxy) is 1. The molecule has 0 spiro atoms. The van der Waals surface area contributed by atoms with Crippen LogP contribution in [0, 0.1) is 0 Å². The summed E-state index contributed by atoms with van der Waals surface area (Å²) < 4.78 is 7.56. The Bertz CT molecular complexity index is 514. The zero-order valence-corrected chi connectivity index (χ0v) is 14.2. The van der Waals surface area contributed by atoms with E-state index in [-0.39, 0.29) is 23.7 Å². The van der Waals surface area contributed by atoms with Gasteiger partial charge in [-0.25, -0.2) is 4.79 Å². The maximum atomic E-state index is 12.6. The minimum absolute atomic E-state index is 0.0549. The highest BCUT2D eigenvalue weighted by atomic mass is 16.5. The second-order valence-electron chi connectivity index (χ2n) is 6.51. The molecule has 124 valence electrons. The monoisotopic (exact) mass is 309 g/mol. The average Bonchev–Trinajstić information content (AvgIpc) is 2.84. The maximum Gasteiger partial charge on any atom is 0.318 e. The molecule has 22 heavy (non-hydrogen) atoms. The van der Waals surface area contributed by atoms with E-state index < -0.39 is 0 Å². The highest BCUT2D eigenvalue weighted by Gasteiger charge is 2.34. The molecular weight excluding hydrogens is 282 g/mol. The van der Waals surface area contributed by atoms with Crippen LogP contribution < -0.4 is 5.32 Å². The molecule has 2 amide bonds. The van der Waals surface area contributed by atoms with Crippen molar-refractivity contribution in [2.24, 2.45) is 7.05 Å². The first-order chi connectivity index (χ1) is 10.3. The molecule has 7 heteroatoms. The van der Waals surface area contributed by atoms with Crippen molar-refractivity contribution in [2.45, 2.75) is 58.2 Å². The lowest BCUT2D eigenvalue weighted by Gasteiger charge is -2.41. The SMILES string of the molecule is CCN(C(=O)NC(C)c1nncn1C)C1CCOC(C)(C)C1. The third-order valence-electron chi connectivity index (χ3n) is 4.19. The summed E-state index contributed by atoms with van der Waals surface area (Å²) >= 11 is 0. The molecule has 1 aromatic rings. The summed E-state index contributed by atoms with van der Waals surface area (Å²) in [5.41, 5.74) is -0.175. The van der Waals surface area contributed by atoms with Crippen molar-refractivity contribution >= 4 is 6.03 Å². The molecule has 0 aliphatic carbocycles. The van der Waals surface area contributed by atoms with Crippen molar-refractivity contribution < 1.29 is 9.53 Å². The molecule has 2 rings (SSSR count). The van der Waals surface area contributed by atoms with Crippen LogP contribution in [0.2, 0.25) is 0 Å². The Morgan fingerprint density at radius 3 is 2.91 bits per heavy atom. The molecule has 2 heterocycles. The number of nitrogens with zero attached hydrogens (tertiary/aromatic N) is 4. The van der Waals surface area contributed by atoms with Crippen LogP contribution in [0.15, 0.2) is 6.33 Å². The van der Waals surface area contributed by atoms with E-state index in [4.69, 9.17) is 4.74 Å². The van der Waals surface area contributed by atoms with Crippen LogP contribution in [0.5, 0.6) is 0 Å². The first-order valence-electron chi connectivity index (χ1n) is 7.89. The van der Waals surface area contributed by atoms with Crippen molar-refractivity contribution in [3.05, 3.63) is 12.2 Å². The summed E-state index contributed by atoms with van der Waals surface area (Å²) in [5.74, 6) is 0.747. The fraction of sp³-hybridized carbons (Fsp3) is 0.800. The van der Waals surface area contributed by atoms with Gasteiger partial charge < -0.3 is 19.5 Å². The molecule has 1 aliphatic heterocycles. The van der Waals surface area contributed by atoms with Crippen LogP contribution in [0.3, 0.4) is 0 Å². The van der Waals surface area contributed by atoms with Crippen LogP contribution in [0.25, 0.3) is 0 Å². The highest BCUT2D eigenvalue weighted by Crippen LogP contribution is 2.27. The standard InChI is InChI=1S/C15H27N5O2/c1-6-20(12-7-8-22-15(3,4)9-12)14(21)17-11(2)13-18-16-10-19(13)5/h10-12H,6-9H2,1-5H3,(H,17,21). The molecule has 1 aliphatic rings. The second-order valence-corrected chi connectivity index (χ2v) is 6.51. The number of aromatic nitrogens is 3. The van der Waals surface area contributed by atoms with Gasteiger partial charge in [-0.05, 0) is 40.5 Å². The number of carbonyl (C=O) groups is 1. The predicted octanol–water partition coefficient (Wildman–Crippen LogP) is 1.87. The van der Waals surface area contributed by atoms with Gasteiger partial charge in [0.25, 0.3) is 0 Å². The number of rotatable bonds is 4. The number of aryl methyl sites for hydroxylation is 1. The van der Waals surface area contributed by atoms with E-state index >= 15 is 0 Å². The molecule has 0 aromatic carbocycles. The number of urea groups is 1. The Kier molecular flexibility index (Phi) is 5.05. The van der Waals surface area contributed by atoms with Crippen LogP contribution in [0.4, 0.5) is 4.79 Å². The lowest BCUT2D eigenvalue weighted by Crippen LogP contribution is -2.52. The molecule has 1 N–H and O–H groups in total. The highest BCUT2D eigenvalue weighted by molar-refractivity contribution is 5.75. The Balaban J connectivity index is 2.01. The van der Waals surface area contributed by atoms with Crippen LogP contribution in [-0.4, -0.2) is 50.5 Å². The topological polar surface area (TPSA) is 72.3 Å². The summed E-state index contributed by atoms with van der Waals surface area (Å²) in [5, 5.41) is 10.9. The minimum atomic E-state index is -0.179. The van der Waals surface area contributed by atoms with Crippen molar-refractivity contribution in [1.29, 1.82) is 0 Å². The quantitative estimate of drug-likeness (QED) is 0.921. The largest absolute Gasteiger partial charge is 0.375 e. The Hall–Kier alpha value is -1.63. The molecule has 1 fully saturated rings. The van der Waals surface area contributed by atoms with Crippen molar-refractivity contribution in [1.82, 2.24) is 25.0 Å². The van der Waals surface area contributed by atoms with E-state index in [2.05, 4.69) is 29.4 Å². The molecule has 0 radical (unpaired) electrons. The Morgan fingerprint density at radius 1 is 1.64 bits per heavy atom. The van der Waals surface area contributed by atoms with E-state index in [0.29, 0.717) is 13.2 Å². The molecule has 0 saturated carbocycles. The fourth-order valence-electron chi connectivity index (χ4n) is 3.05. The summed E-state index contributed by atoms with van der Waals surface area (Å²) in [6.07, 6.45) is 3.37. The van der Waals surface area contributed by atoms with E-state index in [1.54, 1.807) is 6.33 Å². The van der Waals surface area contributed by atoms with Gasteiger partial charge in [0, 0.05) is 26.2 Å². The van der Waals surface area contributed by atoms with E-state index in [1.165, 1.54) is 0 Å². The van der Waals surface area contributed by atoms with E-state index in [9.17, 15) is 4.79 Å². The van der Waals surface area contributed by atoms with Gasteiger partial charge in [-0.1, -0.05) is 0 Å². The third-order valence-corrected chi connectivity index (χ3v) is 4.19. The molecule has 2 atom stereocenters. The number of carbonyl (C=O) groups excluding carboxylic acids is 1. The zero-order chi connectivity index (χ0) is 16.3. The predicted molar refractivity (Wildman–Crippen MR) is 83.4 cm³/mol. The number of hydrogen-bond donors (Lipinski definition) is 1. The number of amides is 2. The first-order valence-corrected chi connectivity index (χ1v) is 7.89. The van der Waals surface area contributed by atoms with Gasteiger partial charge in [0.15, 0.2) is 5.82 Å². The lowest BCUT2D eigenvalue weighted by molar-refractivity contribution is -0.0765. The third kappa shape index (κ3) is 3.76. The van der Waals surface area contributed by atoms with Gasteiger partial charge >= 0.3 is 6.03 Å². The van der Waals surface area contributed by atoms with Crippen molar-refractivity contribution in [3.8, 4) is 0 Å². The molecule has 2 unspecified atom stereocenters. The molecule has 0 bridgehead atoms. The van der Waals surface area contributed by atoms with Gasteiger partial charge in [0.1, 0.15) is 6.33 Å². The molecule has 7 nitrogen and oxygen atoms in total. The normalized spacial score (nSPS) is 22.1. The Morgan fingerprint density at radius 2 is 2.36 bits per heavy atom. The molecule has 1 saturated heterocycles. The smallest absolute Gasteiger partial charge is 0.318 e. The average molecular weight is 309 g/mol. The molecular formula is C15H27N5O2. The van der Waals surface area contributed by atoms with Crippen LogP contribution in [0.1, 0.15) is 52.4 Å². The zero-order valence-electron chi connectivity index (χ0n) is 14.2. The fourth-order valence-corrected chi connectivity index (χ4v) is 3.05. The number of hydrogen-bond acceptors (Lipinski definition) is 4. The minimum Gasteiger partial charge on any atom is -0.375 e. The molecule has 1 aromatic heterocycles. The van der Waals surface area contributed by atoms with Gasteiger partial charge in [-0.2, -0.15) is 0 Å². The lowest BCUT2D eigenvalue weighted by atomic mass is 9.93. The first kappa shape index (κ1) is 16.7. The van der Waals surface area contributed by atoms with E-state index in [1.807, 2.05) is 30.4 Å². The summed E-state index contributed by atoms with van der Waals surface area (Å²) in [6.45, 7) is 9.46. The maximum absolute atomic E-state index is 12.6. The van der Waals surface area contributed by atoms with Crippen LogP contribution in [-0.2, 0) is 11.8 Å². The van der Waals surface area contributed by atoms with Crippen molar-refractivity contribution in [2.75, 3.05) is 13.2 Å².